The third-order valence-electron chi connectivity index (χ3n) is 3.58. The Hall–Kier alpha value is -1.87. The molecule has 0 radical (unpaired) electrons. The molecule has 0 bridgehead atoms. The fourth-order valence-electron chi connectivity index (χ4n) is 2.50. The highest BCUT2D eigenvalue weighted by Crippen LogP contribution is 2.38. The molecule has 1 atom stereocenters. The van der Waals surface area contributed by atoms with Crippen molar-refractivity contribution in [2.24, 2.45) is 5.92 Å². The first-order valence-electron chi connectivity index (χ1n) is 7.31. The minimum atomic E-state index is -0.587. The summed E-state index contributed by atoms with van der Waals surface area (Å²) in [5.74, 6) is 0.0530. The second kappa shape index (κ2) is 7.95. The monoisotopic (exact) mass is 312 g/mol. The van der Waals surface area contributed by atoms with E-state index in [4.69, 9.17) is 0 Å². The van der Waals surface area contributed by atoms with Crippen molar-refractivity contribution in [2.75, 3.05) is 0 Å². The highest BCUT2D eigenvalue weighted by molar-refractivity contribution is 7.98. The second-order valence-electron chi connectivity index (χ2n) is 5.33. The smallest absolute Gasteiger partial charge is 0.141 e. The minimum absolute atomic E-state index is 0.0677. The molecule has 1 unspecified atom stereocenters. The molecule has 2 aromatic rings. The maximum Gasteiger partial charge on any atom is 0.141 e. The van der Waals surface area contributed by atoms with E-state index in [0.717, 1.165) is 11.3 Å². The van der Waals surface area contributed by atoms with E-state index in [0.29, 0.717) is 0 Å². The summed E-state index contributed by atoms with van der Waals surface area (Å²) in [6, 6.07) is 19.9. The average Bonchev–Trinajstić information content (AvgIpc) is 2.52. The summed E-state index contributed by atoms with van der Waals surface area (Å²) in [5, 5.41) is -0.142. The van der Waals surface area contributed by atoms with E-state index in [1.54, 1.807) is 11.8 Å². The lowest BCUT2D eigenvalue weighted by molar-refractivity contribution is -0.130. The summed E-state index contributed by atoms with van der Waals surface area (Å²) in [5.41, 5.74) is 2.22. The van der Waals surface area contributed by atoms with Crippen LogP contribution in [0.25, 0.3) is 0 Å². The van der Waals surface area contributed by atoms with Crippen molar-refractivity contribution in [3.8, 4) is 0 Å². The molecule has 2 aromatic carbocycles. The third-order valence-corrected chi connectivity index (χ3v) is 4.98. The number of benzene rings is 2. The summed E-state index contributed by atoms with van der Waals surface area (Å²) < 4.78 is 0. The molecular formula is C19H20O2S. The summed E-state index contributed by atoms with van der Waals surface area (Å²) in [4.78, 5) is 24.0. The van der Waals surface area contributed by atoms with Crippen LogP contribution < -0.4 is 0 Å². The fraction of sp³-hybridized carbons (Fsp3) is 0.263. The van der Waals surface area contributed by atoms with Gasteiger partial charge in [-0.15, -0.1) is 11.8 Å². The van der Waals surface area contributed by atoms with Gasteiger partial charge >= 0.3 is 0 Å². The molecule has 0 aromatic heterocycles. The Morgan fingerprint density at radius 3 is 1.86 bits per heavy atom. The summed E-state index contributed by atoms with van der Waals surface area (Å²) in [7, 11) is 0. The van der Waals surface area contributed by atoms with Gasteiger partial charge < -0.3 is 0 Å². The Bertz CT molecular complexity index is 608. The van der Waals surface area contributed by atoms with Crippen LogP contribution in [0.5, 0.6) is 0 Å². The molecule has 114 valence electrons. The number of hydrogen-bond acceptors (Lipinski definition) is 3. The number of ketones is 2. The van der Waals surface area contributed by atoms with E-state index in [2.05, 4.69) is 12.1 Å². The Morgan fingerprint density at radius 2 is 1.36 bits per heavy atom. The molecule has 0 aliphatic carbocycles. The Labute approximate surface area is 135 Å². The minimum Gasteiger partial charge on any atom is -0.299 e. The Kier molecular flexibility index (Phi) is 5.96. The molecule has 0 fully saturated rings. The van der Waals surface area contributed by atoms with Gasteiger partial charge in [0.25, 0.3) is 0 Å². The van der Waals surface area contributed by atoms with Crippen molar-refractivity contribution >= 4 is 23.3 Å². The van der Waals surface area contributed by atoms with Gasteiger partial charge in [-0.1, -0.05) is 60.7 Å². The third kappa shape index (κ3) is 4.31. The molecule has 3 heteroatoms. The van der Waals surface area contributed by atoms with Crippen LogP contribution in [0, 0.1) is 5.92 Å². The molecule has 0 aliphatic rings. The van der Waals surface area contributed by atoms with Gasteiger partial charge in [-0.05, 0) is 25.0 Å². The molecule has 2 rings (SSSR count). The van der Waals surface area contributed by atoms with Crippen molar-refractivity contribution in [3.05, 3.63) is 71.8 Å². The van der Waals surface area contributed by atoms with Gasteiger partial charge in [0.2, 0.25) is 0 Å². The average molecular weight is 312 g/mol. The van der Waals surface area contributed by atoms with Crippen molar-refractivity contribution in [1.29, 1.82) is 0 Å². The van der Waals surface area contributed by atoms with Crippen LogP contribution in [-0.2, 0) is 15.3 Å². The van der Waals surface area contributed by atoms with Crippen LogP contribution in [0.4, 0.5) is 0 Å². The molecule has 0 aliphatic heterocycles. The molecule has 0 heterocycles. The quantitative estimate of drug-likeness (QED) is 0.708. The van der Waals surface area contributed by atoms with Crippen molar-refractivity contribution in [1.82, 2.24) is 0 Å². The van der Waals surface area contributed by atoms with Gasteiger partial charge in [0, 0.05) is 11.0 Å². The number of carbonyl (C=O) groups excluding carboxylic acids is 2. The first-order valence-corrected chi connectivity index (χ1v) is 8.36. The zero-order valence-corrected chi connectivity index (χ0v) is 13.7. The molecule has 0 spiro atoms. The van der Waals surface area contributed by atoms with E-state index < -0.39 is 5.92 Å². The van der Waals surface area contributed by atoms with E-state index in [1.807, 2.05) is 48.5 Å². The normalized spacial score (nSPS) is 12.1. The molecule has 0 amide bonds. The zero-order valence-electron chi connectivity index (χ0n) is 12.9. The van der Waals surface area contributed by atoms with Crippen LogP contribution in [0.3, 0.4) is 0 Å². The molecule has 2 nitrogen and oxygen atoms in total. The lowest BCUT2D eigenvalue weighted by Crippen LogP contribution is -2.25. The predicted octanol–water partition coefficient (Wildman–Crippen LogP) is 4.46. The highest BCUT2D eigenvalue weighted by Gasteiger charge is 2.31. The number of thioether (sulfide) groups is 1. The number of Topliss-reactive ketones (excluding diaryl/α,β-unsaturated/α-hetero) is 2. The van der Waals surface area contributed by atoms with Crippen LogP contribution in [0.2, 0.25) is 0 Å². The lowest BCUT2D eigenvalue weighted by Gasteiger charge is -2.23. The largest absolute Gasteiger partial charge is 0.299 e. The summed E-state index contributed by atoms with van der Waals surface area (Å²) in [6.45, 7) is 3.01. The van der Waals surface area contributed by atoms with Crippen molar-refractivity contribution in [2.45, 2.75) is 24.9 Å². The van der Waals surface area contributed by atoms with Crippen LogP contribution in [0.1, 0.15) is 30.2 Å². The predicted molar refractivity (Wildman–Crippen MR) is 91.8 cm³/mol. The van der Waals surface area contributed by atoms with Crippen molar-refractivity contribution < 1.29 is 9.59 Å². The molecule has 22 heavy (non-hydrogen) atoms. The summed E-state index contributed by atoms with van der Waals surface area (Å²) in [6.07, 6.45) is 0. The topological polar surface area (TPSA) is 34.1 Å². The van der Waals surface area contributed by atoms with Crippen LogP contribution >= 0.6 is 11.8 Å². The lowest BCUT2D eigenvalue weighted by atomic mass is 9.92. The number of hydrogen-bond donors (Lipinski definition) is 0. The van der Waals surface area contributed by atoms with Crippen molar-refractivity contribution in [3.63, 3.8) is 0 Å². The number of carbonyl (C=O) groups is 2. The van der Waals surface area contributed by atoms with E-state index in [-0.39, 0.29) is 16.8 Å². The van der Waals surface area contributed by atoms with Gasteiger partial charge in [0.15, 0.2) is 0 Å². The van der Waals surface area contributed by atoms with Gasteiger partial charge in [-0.3, -0.25) is 9.59 Å². The highest BCUT2D eigenvalue weighted by atomic mass is 32.2. The van der Waals surface area contributed by atoms with E-state index in [1.165, 1.54) is 19.4 Å². The number of rotatable bonds is 7. The van der Waals surface area contributed by atoms with Gasteiger partial charge in [-0.2, -0.15) is 0 Å². The van der Waals surface area contributed by atoms with Crippen LogP contribution in [0.15, 0.2) is 60.7 Å². The SMILES string of the molecule is CC(=O)C(C(C)=O)C(SCc1ccccc1)c1ccccc1. The van der Waals surface area contributed by atoms with Crippen LogP contribution in [-0.4, -0.2) is 11.6 Å². The molecule has 0 N–H and O–H groups in total. The maximum atomic E-state index is 12.0. The standard InChI is InChI=1S/C19H20O2S/c1-14(20)18(15(2)21)19(17-11-7-4-8-12-17)22-13-16-9-5-3-6-10-16/h3-12,18-19H,13H2,1-2H3. The molecular weight excluding hydrogens is 292 g/mol. The Morgan fingerprint density at radius 1 is 0.864 bits per heavy atom. The van der Waals surface area contributed by atoms with Gasteiger partial charge in [0.1, 0.15) is 11.6 Å². The van der Waals surface area contributed by atoms with Gasteiger partial charge in [-0.25, -0.2) is 0 Å². The first kappa shape index (κ1) is 16.5. The molecule has 0 saturated carbocycles. The second-order valence-corrected chi connectivity index (χ2v) is 6.46. The summed E-state index contributed by atoms with van der Waals surface area (Å²) >= 11 is 1.65. The maximum absolute atomic E-state index is 12.0. The Balaban J connectivity index is 2.25. The molecule has 0 saturated heterocycles. The zero-order chi connectivity index (χ0) is 15.9. The van der Waals surface area contributed by atoms with E-state index >= 15 is 0 Å². The van der Waals surface area contributed by atoms with E-state index in [9.17, 15) is 9.59 Å². The first-order chi connectivity index (χ1) is 10.6. The fourth-order valence-corrected chi connectivity index (χ4v) is 3.99. The van der Waals surface area contributed by atoms with Gasteiger partial charge in [0.05, 0.1) is 5.92 Å².